The molecular weight excluding hydrogens is 541 g/mol. The molecule has 0 bridgehead atoms. The summed E-state index contributed by atoms with van der Waals surface area (Å²) in [6.45, 7) is 1.64. The van der Waals surface area contributed by atoms with E-state index in [9.17, 15) is 23.9 Å². The second kappa shape index (κ2) is 10.3. The number of fused-ring (bicyclic) bond motifs is 2. The Bertz CT molecular complexity index is 1500. The quantitative estimate of drug-likeness (QED) is 0.137. The third-order valence-corrected chi connectivity index (χ3v) is 7.84. The van der Waals surface area contributed by atoms with Crippen LogP contribution in [0.3, 0.4) is 0 Å². The fraction of sp³-hybridized carbons (Fsp3) is 0.333. The number of hydrogen-bond donors (Lipinski definition) is 3. The van der Waals surface area contributed by atoms with Gasteiger partial charge in [-0.3, -0.25) is 14.5 Å². The first kappa shape index (κ1) is 25.5. The number of alkyl halides is 1. The number of nitrogens with zero attached hydrogens (tertiary/aromatic N) is 7. The van der Waals surface area contributed by atoms with E-state index in [0.717, 1.165) is 28.5 Å². The molecule has 17 heteroatoms. The summed E-state index contributed by atoms with van der Waals surface area (Å²) >= 11 is 2.11. The summed E-state index contributed by atoms with van der Waals surface area (Å²) < 4.78 is 20.2. The van der Waals surface area contributed by atoms with Crippen molar-refractivity contribution in [1.82, 2.24) is 29.1 Å². The van der Waals surface area contributed by atoms with Crippen LogP contribution in [0, 0.1) is 0 Å². The number of nitrogen functional groups attached to an aromatic ring is 1. The first-order valence-corrected chi connectivity index (χ1v) is 13.1. The molecule has 4 N–H and O–H groups in total. The molecule has 0 spiro atoms. The SMILES string of the molecule is CCn1cnc2c1ccc[n+]2CC1=C(C(=O)O)N2C(=O)C(NC(=O)/C(=N\OCF)c3nsc(N)n3)C2SC1. The Labute approximate surface area is 222 Å². The summed E-state index contributed by atoms with van der Waals surface area (Å²) in [7, 11) is 0. The Morgan fingerprint density at radius 2 is 2.26 bits per heavy atom. The highest BCUT2D eigenvalue weighted by molar-refractivity contribution is 8.00. The van der Waals surface area contributed by atoms with Crippen LogP contribution < -0.4 is 15.6 Å². The molecule has 0 aromatic carbocycles. The lowest BCUT2D eigenvalue weighted by Gasteiger charge is -2.49. The number of aromatic nitrogens is 5. The number of imidazole rings is 1. The molecule has 38 heavy (non-hydrogen) atoms. The molecule has 3 aromatic heterocycles. The number of aryl methyl sites for hydroxylation is 1. The van der Waals surface area contributed by atoms with E-state index in [1.54, 1.807) is 12.5 Å². The van der Waals surface area contributed by atoms with Crippen LogP contribution >= 0.6 is 23.3 Å². The van der Waals surface area contributed by atoms with Gasteiger partial charge in [0.15, 0.2) is 5.13 Å². The molecule has 0 saturated carbocycles. The molecule has 2 aliphatic rings. The van der Waals surface area contributed by atoms with Gasteiger partial charge < -0.3 is 25.6 Å². The number of β-lactam (4-membered cyclic amide) rings is 1. The van der Waals surface area contributed by atoms with E-state index in [0.29, 0.717) is 17.0 Å². The second-order valence-electron chi connectivity index (χ2n) is 8.13. The highest BCUT2D eigenvalue weighted by Crippen LogP contribution is 2.40. The van der Waals surface area contributed by atoms with E-state index in [-0.39, 0.29) is 23.2 Å². The summed E-state index contributed by atoms with van der Waals surface area (Å²) in [5.74, 6) is -2.65. The number of rotatable bonds is 9. The maximum Gasteiger partial charge on any atom is 0.352 e. The lowest BCUT2D eigenvalue weighted by molar-refractivity contribution is -0.664. The Balaban J connectivity index is 1.38. The van der Waals surface area contributed by atoms with Crippen molar-refractivity contribution in [1.29, 1.82) is 0 Å². The molecule has 1 saturated heterocycles. The number of pyridine rings is 1. The van der Waals surface area contributed by atoms with Crippen LogP contribution in [0.5, 0.6) is 0 Å². The van der Waals surface area contributed by atoms with E-state index >= 15 is 0 Å². The van der Waals surface area contributed by atoms with Gasteiger partial charge in [0.25, 0.3) is 18.7 Å². The molecule has 3 aromatic rings. The van der Waals surface area contributed by atoms with Gasteiger partial charge in [0.2, 0.25) is 17.9 Å². The first-order valence-electron chi connectivity index (χ1n) is 11.2. The van der Waals surface area contributed by atoms with Crippen molar-refractivity contribution in [2.75, 3.05) is 18.3 Å². The van der Waals surface area contributed by atoms with E-state index < -0.39 is 41.8 Å². The number of carbonyl (C=O) groups is 3. The first-order chi connectivity index (χ1) is 18.3. The molecule has 2 amide bonds. The van der Waals surface area contributed by atoms with Gasteiger partial charge in [0.1, 0.15) is 29.2 Å². The number of nitrogens with one attached hydrogen (secondary N) is 1. The fourth-order valence-electron chi connectivity index (χ4n) is 4.29. The number of halogens is 1. The van der Waals surface area contributed by atoms with Gasteiger partial charge in [0.05, 0.1) is 6.20 Å². The number of amides is 2. The molecule has 1 fully saturated rings. The zero-order valence-electron chi connectivity index (χ0n) is 19.8. The van der Waals surface area contributed by atoms with Crippen LogP contribution in [0.25, 0.3) is 11.2 Å². The van der Waals surface area contributed by atoms with Crippen molar-refractivity contribution < 1.29 is 33.3 Å². The molecule has 0 radical (unpaired) electrons. The van der Waals surface area contributed by atoms with Crippen molar-refractivity contribution in [3.8, 4) is 0 Å². The minimum absolute atomic E-state index is 0.0493. The van der Waals surface area contributed by atoms with Gasteiger partial charge >= 0.3 is 11.6 Å². The number of anilines is 1. The fourth-order valence-corrected chi connectivity index (χ4v) is 6.06. The van der Waals surface area contributed by atoms with Crippen LogP contribution in [0.1, 0.15) is 12.7 Å². The summed E-state index contributed by atoms with van der Waals surface area (Å²) in [4.78, 5) is 52.0. The normalized spacial score (nSPS) is 19.4. The number of nitrogens with two attached hydrogens (primary N) is 1. The van der Waals surface area contributed by atoms with Crippen molar-refractivity contribution in [3.05, 3.63) is 41.8 Å². The Kier molecular flexibility index (Phi) is 6.94. The van der Waals surface area contributed by atoms with Crippen LogP contribution in [0.15, 0.2) is 41.1 Å². The minimum atomic E-state index is -1.30. The second-order valence-corrected chi connectivity index (χ2v) is 10.0. The van der Waals surface area contributed by atoms with E-state index in [1.165, 1.54) is 11.8 Å². The van der Waals surface area contributed by atoms with Crippen LogP contribution in [0.2, 0.25) is 0 Å². The number of hydrogen-bond acceptors (Lipinski definition) is 11. The smallest absolute Gasteiger partial charge is 0.352 e. The highest BCUT2D eigenvalue weighted by Gasteiger charge is 2.54. The number of carbonyl (C=O) groups excluding carboxylic acids is 2. The van der Waals surface area contributed by atoms with E-state index in [1.807, 2.05) is 28.2 Å². The zero-order chi connectivity index (χ0) is 27.0. The Hall–Kier alpha value is -4.12. The van der Waals surface area contributed by atoms with Crippen LogP contribution in [-0.2, 0) is 32.3 Å². The van der Waals surface area contributed by atoms with Crippen molar-refractivity contribution in [3.63, 3.8) is 0 Å². The van der Waals surface area contributed by atoms with Gasteiger partial charge in [-0.1, -0.05) is 5.16 Å². The third kappa shape index (κ3) is 4.43. The van der Waals surface area contributed by atoms with Gasteiger partial charge in [-0.15, -0.1) is 11.8 Å². The largest absolute Gasteiger partial charge is 0.477 e. The van der Waals surface area contributed by atoms with E-state index in [4.69, 9.17) is 5.73 Å². The van der Waals surface area contributed by atoms with Gasteiger partial charge in [-0.25, -0.2) is 13.8 Å². The molecule has 2 atom stereocenters. The lowest BCUT2D eigenvalue weighted by Crippen LogP contribution is -2.71. The Morgan fingerprint density at radius 1 is 1.45 bits per heavy atom. The predicted octanol–water partition coefficient (Wildman–Crippen LogP) is -0.136. The van der Waals surface area contributed by atoms with Crippen LogP contribution in [0.4, 0.5) is 9.52 Å². The molecule has 2 unspecified atom stereocenters. The lowest BCUT2D eigenvalue weighted by atomic mass is 10.0. The molecule has 2 aliphatic heterocycles. The zero-order valence-corrected chi connectivity index (χ0v) is 21.4. The molecule has 5 heterocycles. The molecule has 14 nitrogen and oxygen atoms in total. The Morgan fingerprint density at radius 3 is 2.95 bits per heavy atom. The minimum Gasteiger partial charge on any atom is -0.477 e. The number of thioether (sulfide) groups is 1. The highest BCUT2D eigenvalue weighted by atomic mass is 32.2. The maximum absolute atomic E-state index is 13.1. The molecular formula is C21H21FN9O5S2+. The third-order valence-electron chi connectivity index (χ3n) is 5.96. The van der Waals surface area contributed by atoms with E-state index in [2.05, 4.69) is 29.7 Å². The summed E-state index contributed by atoms with van der Waals surface area (Å²) in [5, 5.41) is 15.3. The van der Waals surface area contributed by atoms with Crippen molar-refractivity contribution in [2.24, 2.45) is 5.16 Å². The number of oxime groups is 1. The van der Waals surface area contributed by atoms with Gasteiger partial charge in [-0.2, -0.15) is 9.36 Å². The number of carboxylic acids is 1. The van der Waals surface area contributed by atoms with Gasteiger partial charge in [0, 0.05) is 29.4 Å². The summed E-state index contributed by atoms with van der Waals surface area (Å²) in [6, 6.07) is 2.73. The average molecular weight is 563 g/mol. The number of carboxylic acid groups (broad SMARTS) is 1. The average Bonchev–Trinajstić information content (AvgIpc) is 3.53. The maximum atomic E-state index is 13.1. The van der Waals surface area contributed by atoms with Crippen molar-refractivity contribution >= 4 is 63.1 Å². The molecule has 198 valence electrons. The van der Waals surface area contributed by atoms with Crippen LogP contribution in [-0.4, -0.2) is 76.4 Å². The number of aliphatic carboxylic acids is 1. The molecule has 5 rings (SSSR count). The predicted molar refractivity (Wildman–Crippen MR) is 133 cm³/mol. The topological polar surface area (TPSA) is 182 Å². The summed E-state index contributed by atoms with van der Waals surface area (Å²) in [6.07, 6.45) is 3.52. The van der Waals surface area contributed by atoms with Crippen molar-refractivity contribution in [2.45, 2.75) is 31.4 Å². The molecule has 0 aliphatic carbocycles. The standard InChI is InChI=1S/C21H20FN9O5S2/c1-2-29-9-24-16-11(29)4-3-5-30(16)6-10-7-37-19-13(18(33)31(19)14(10)20(34)35)25-17(32)12(27-36-8-22)15-26-21(23)38-28-15/h3-5,9,13,19H,2,6-8H2,1H3,(H3-,23,25,26,28,32,34,35)/p+1/b27-12-. The summed E-state index contributed by atoms with van der Waals surface area (Å²) in [5.41, 5.74) is 7.08. The van der Waals surface area contributed by atoms with Gasteiger partial charge in [-0.05, 0) is 24.0 Å². The monoisotopic (exact) mass is 562 g/mol.